The van der Waals surface area contributed by atoms with Crippen molar-refractivity contribution < 1.29 is 18.7 Å². The van der Waals surface area contributed by atoms with E-state index >= 15 is 0 Å². The number of anilines is 1. The second-order valence-corrected chi connectivity index (χ2v) is 5.10. The van der Waals surface area contributed by atoms with Gasteiger partial charge in [-0.2, -0.15) is 0 Å². The van der Waals surface area contributed by atoms with E-state index in [2.05, 4.69) is 10.2 Å². The van der Waals surface area contributed by atoms with Crippen LogP contribution < -0.4 is 5.32 Å². The first-order valence-electron chi connectivity index (χ1n) is 6.66. The highest BCUT2D eigenvalue weighted by Crippen LogP contribution is 2.22. The van der Waals surface area contributed by atoms with Crippen LogP contribution in [0.2, 0.25) is 0 Å². The van der Waals surface area contributed by atoms with Gasteiger partial charge in [0.2, 0.25) is 0 Å². The first-order valence-corrected chi connectivity index (χ1v) is 6.66. The van der Waals surface area contributed by atoms with Gasteiger partial charge in [-0.3, -0.25) is 0 Å². The van der Waals surface area contributed by atoms with Crippen LogP contribution in [0, 0.1) is 11.6 Å². The number of carboxylic acid groups (broad SMARTS) is 1. The third kappa shape index (κ3) is 3.07. The highest BCUT2D eigenvalue weighted by Gasteiger charge is 2.21. The first-order chi connectivity index (χ1) is 9.50. The summed E-state index contributed by atoms with van der Waals surface area (Å²) in [6.07, 6.45) is 3.30. The molecule has 1 saturated heterocycles. The van der Waals surface area contributed by atoms with Crippen molar-refractivity contribution in [2.75, 3.05) is 25.5 Å². The zero-order chi connectivity index (χ0) is 14.7. The van der Waals surface area contributed by atoms with Crippen LogP contribution in [-0.4, -0.2) is 42.2 Å². The number of benzene rings is 1. The lowest BCUT2D eigenvalue weighted by atomic mass is 10.0. The second kappa shape index (κ2) is 6.17. The minimum Gasteiger partial charge on any atom is -0.478 e. The van der Waals surface area contributed by atoms with Crippen molar-refractivity contribution in [2.45, 2.75) is 25.3 Å². The maximum absolute atomic E-state index is 13.8. The van der Waals surface area contributed by atoms with Crippen LogP contribution >= 0.6 is 0 Å². The molecular formula is C14H18F2N2O2. The van der Waals surface area contributed by atoms with Gasteiger partial charge in [0.05, 0.1) is 11.3 Å². The Labute approximate surface area is 116 Å². The molecule has 0 saturated carbocycles. The smallest absolute Gasteiger partial charge is 0.338 e. The van der Waals surface area contributed by atoms with Crippen molar-refractivity contribution in [1.82, 2.24) is 4.90 Å². The summed E-state index contributed by atoms with van der Waals surface area (Å²) in [6, 6.07) is 2.63. The zero-order valence-electron chi connectivity index (χ0n) is 11.3. The van der Waals surface area contributed by atoms with Crippen molar-refractivity contribution in [3.05, 3.63) is 29.3 Å². The fraction of sp³-hybridized carbons (Fsp3) is 0.500. The number of hydrogen-bond donors (Lipinski definition) is 2. The summed E-state index contributed by atoms with van der Waals surface area (Å²) in [6.45, 7) is 1.51. The van der Waals surface area contributed by atoms with Gasteiger partial charge in [-0.15, -0.1) is 0 Å². The number of hydrogen-bond acceptors (Lipinski definition) is 3. The molecule has 0 amide bonds. The number of likely N-dealkylation sites (N-methyl/N-ethyl adjacent to an activating group) is 1. The van der Waals surface area contributed by atoms with E-state index in [1.165, 1.54) is 6.07 Å². The Morgan fingerprint density at radius 2 is 2.15 bits per heavy atom. The molecule has 2 rings (SSSR count). The molecule has 1 unspecified atom stereocenters. The van der Waals surface area contributed by atoms with E-state index in [4.69, 9.17) is 5.11 Å². The van der Waals surface area contributed by atoms with E-state index in [-0.39, 0.29) is 11.7 Å². The molecule has 4 nitrogen and oxygen atoms in total. The van der Waals surface area contributed by atoms with Crippen molar-refractivity contribution in [2.24, 2.45) is 0 Å². The molecule has 0 aromatic heterocycles. The Kier molecular flexibility index (Phi) is 4.54. The molecule has 1 heterocycles. The second-order valence-electron chi connectivity index (χ2n) is 5.10. The third-order valence-electron chi connectivity index (χ3n) is 3.76. The van der Waals surface area contributed by atoms with Gasteiger partial charge in [0, 0.05) is 12.6 Å². The molecule has 20 heavy (non-hydrogen) atoms. The number of likely N-dealkylation sites (tertiary alicyclic amines) is 1. The Hall–Kier alpha value is -1.69. The molecule has 110 valence electrons. The predicted molar refractivity (Wildman–Crippen MR) is 72.1 cm³/mol. The summed E-state index contributed by atoms with van der Waals surface area (Å²) in [5.41, 5.74) is -0.644. The Balaban J connectivity index is 2.06. The van der Waals surface area contributed by atoms with Crippen LogP contribution in [0.4, 0.5) is 14.5 Å². The Morgan fingerprint density at radius 3 is 2.80 bits per heavy atom. The van der Waals surface area contributed by atoms with Crippen LogP contribution in [0.1, 0.15) is 29.6 Å². The third-order valence-corrected chi connectivity index (χ3v) is 3.76. The van der Waals surface area contributed by atoms with E-state index in [1.54, 1.807) is 0 Å². The van der Waals surface area contributed by atoms with Crippen molar-refractivity contribution in [1.29, 1.82) is 0 Å². The van der Waals surface area contributed by atoms with Gasteiger partial charge < -0.3 is 15.3 Å². The Morgan fingerprint density at radius 1 is 1.40 bits per heavy atom. The number of carbonyl (C=O) groups is 1. The summed E-state index contributed by atoms with van der Waals surface area (Å²) < 4.78 is 27.3. The number of aromatic carboxylic acids is 1. The molecule has 6 heteroatoms. The highest BCUT2D eigenvalue weighted by molar-refractivity contribution is 5.88. The number of nitrogens with one attached hydrogen (secondary N) is 1. The SMILES string of the molecule is CN1CCCCC1CNc1ccc(C(=O)O)c(F)c1F. The van der Waals surface area contributed by atoms with E-state index < -0.39 is 23.2 Å². The maximum Gasteiger partial charge on any atom is 0.338 e. The number of rotatable bonds is 4. The standard InChI is InChI=1S/C14H18F2N2O2/c1-18-7-3-2-4-9(18)8-17-11-6-5-10(14(19)20)12(15)13(11)16/h5-6,9,17H,2-4,7-8H2,1H3,(H,19,20). The lowest BCUT2D eigenvalue weighted by Crippen LogP contribution is -2.40. The summed E-state index contributed by atoms with van der Waals surface area (Å²) in [5.74, 6) is -3.93. The fourth-order valence-electron chi connectivity index (χ4n) is 2.48. The fourth-order valence-corrected chi connectivity index (χ4v) is 2.48. The average Bonchev–Trinajstić information content (AvgIpc) is 2.41. The maximum atomic E-state index is 13.8. The van der Waals surface area contributed by atoms with Gasteiger partial charge in [-0.1, -0.05) is 6.42 Å². The average molecular weight is 284 g/mol. The molecule has 1 aromatic carbocycles. The van der Waals surface area contributed by atoms with Gasteiger partial charge in [0.15, 0.2) is 11.6 Å². The van der Waals surface area contributed by atoms with Gasteiger partial charge in [0.1, 0.15) is 0 Å². The zero-order valence-corrected chi connectivity index (χ0v) is 11.3. The van der Waals surface area contributed by atoms with Gasteiger partial charge in [0.25, 0.3) is 0 Å². The monoisotopic (exact) mass is 284 g/mol. The molecule has 1 aliphatic rings. The van der Waals surface area contributed by atoms with Crippen molar-refractivity contribution >= 4 is 11.7 Å². The quantitative estimate of drug-likeness (QED) is 0.892. The molecule has 1 fully saturated rings. The van der Waals surface area contributed by atoms with Gasteiger partial charge in [-0.05, 0) is 38.6 Å². The van der Waals surface area contributed by atoms with E-state index in [0.29, 0.717) is 6.54 Å². The molecule has 1 atom stereocenters. The van der Waals surface area contributed by atoms with E-state index in [9.17, 15) is 13.6 Å². The van der Waals surface area contributed by atoms with Gasteiger partial charge >= 0.3 is 5.97 Å². The highest BCUT2D eigenvalue weighted by atomic mass is 19.2. The van der Waals surface area contributed by atoms with Crippen molar-refractivity contribution in [3.8, 4) is 0 Å². The lowest BCUT2D eigenvalue weighted by molar-refractivity contribution is 0.0690. The van der Waals surface area contributed by atoms with Crippen LogP contribution in [0.15, 0.2) is 12.1 Å². The van der Waals surface area contributed by atoms with Gasteiger partial charge in [-0.25, -0.2) is 13.6 Å². The van der Waals surface area contributed by atoms with E-state index in [0.717, 1.165) is 31.9 Å². The largest absolute Gasteiger partial charge is 0.478 e. The first kappa shape index (κ1) is 14.7. The lowest BCUT2D eigenvalue weighted by Gasteiger charge is -2.32. The number of carboxylic acids is 1. The number of piperidine rings is 1. The summed E-state index contributed by atoms with van der Waals surface area (Å²) in [4.78, 5) is 12.9. The molecule has 0 bridgehead atoms. The molecule has 1 aromatic rings. The summed E-state index contributed by atoms with van der Waals surface area (Å²) in [7, 11) is 2.01. The number of nitrogens with zero attached hydrogens (tertiary/aromatic N) is 1. The predicted octanol–water partition coefficient (Wildman–Crippen LogP) is 2.56. The molecule has 0 aliphatic carbocycles. The molecular weight excluding hydrogens is 266 g/mol. The van der Waals surface area contributed by atoms with Crippen LogP contribution in [0.5, 0.6) is 0 Å². The molecule has 2 N–H and O–H groups in total. The normalized spacial score (nSPS) is 19.9. The minimum absolute atomic E-state index is 0.00599. The summed E-state index contributed by atoms with van der Waals surface area (Å²) >= 11 is 0. The van der Waals surface area contributed by atoms with Crippen molar-refractivity contribution in [3.63, 3.8) is 0 Å². The minimum atomic E-state index is -1.47. The van der Waals surface area contributed by atoms with Crippen LogP contribution in [0.25, 0.3) is 0 Å². The topological polar surface area (TPSA) is 52.6 Å². The van der Waals surface area contributed by atoms with Crippen LogP contribution in [0.3, 0.4) is 0 Å². The molecule has 0 spiro atoms. The van der Waals surface area contributed by atoms with E-state index in [1.807, 2.05) is 7.05 Å². The molecule has 1 aliphatic heterocycles. The van der Waals surface area contributed by atoms with Crippen LogP contribution in [-0.2, 0) is 0 Å². The Bertz CT molecular complexity index is 508. The summed E-state index contributed by atoms with van der Waals surface area (Å²) in [5, 5.41) is 11.6. The molecule has 0 radical (unpaired) electrons. The number of halogens is 2.